The molecule has 1 aliphatic carbocycles. The molecule has 5 rings (SSSR count). The Morgan fingerprint density at radius 2 is 2.11 bits per heavy atom. The number of nitrogens with zero attached hydrogens (tertiary/aromatic N) is 4. The first-order valence-corrected chi connectivity index (χ1v) is 9.94. The minimum Gasteiger partial charge on any atom is -0.408 e. The molecule has 8 nitrogen and oxygen atoms in total. The Hall–Kier alpha value is -2.90. The number of carbonyl (C=O) groups is 1. The number of hydrogen-bond donors (Lipinski definition) is 1. The number of likely N-dealkylation sites (tertiary alicyclic amines) is 1. The number of amides is 1. The molecule has 1 unspecified atom stereocenters. The molecule has 1 saturated carbocycles. The molecule has 1 aromatic carbocycles. The van der Waals surface area contributed by atoms with Crippen molar-refractivity contribution >= 4 is 17.0 Å². The smallest absolute Gasteiger partial charge is 0.408 e. The summed E-state index contributed by atoms with van der Waals surface area (Å²) in [4.78, 5) is 31.2. The average molecular weight is 381 g/mol. The minimum absolute atomic E-state index is 0.0796. The zero-order valence-electron chi connectivity index (χ0n) is 15.6. The van der Waals surface area contributed by atoms with E-state index in [0.717, 1.165) is 43.1 Å². The number of aryl methyl sites for hydroxylation is 1. The zero-order chi connectivity index (χ0) is 19.1. The molecule has 1 aliphatic heterocycles. The molecule has 28 heavy (non-hydrogen) atoms. The first kappa shape index (κ1) is 17.2. The highest BCUT2D eigenvalue weighted by molar-refractivity contribution is 5.77. The van der Waals surface area contributed by atoms with E-state index in [2.05, 4.69) is 15.2 Å². The summed E-state index contributed by atoms with van der Waals surface area (Å²) in [6, 6.07) is 7.29. The highest BCUT2D eigenvalue weighted by atomic mass is 16.4. The van der Waals surface area contributed by atoms with E-state index in [1.807, 2.05) is 23.1 Å². The average Bonchev–Trinajstić information content (AvgIpc) is 3.11. The Morgan fingerprint density at radius 1 is 1.25 bits per heavy atom. The van der Waals surface area contributed by atoms with Crippen molar-refractivity contribution in [2.45, 2.75) is 44.6 Å². The maximum atomic E-state index is 12.6. The molecule has 3 heterocycles. The standard InChI is InChI=1S/C20H23N5O3/c26-18(8-10-25-15-3-1-2-4-16(15)28-20(25)27)24-9-7-13(12-24)11-17-21-19(23-22-17)14-5-6-14/h1-4,13-14H,5-12H2,(H,21,22,23). The van der Waals surface area contributed by atoms with Crippen molar-refractivity contribution in [3.05, 3.63) is 46.5 Å². The van der Waals surface area contributed by atoms with Gasteiger partial charge < -0.3 is 9.32 Å². The van der Waals surface area contributed by atoms with Crippen LogP contribution in [0.5, 0.6) is 0 Å². The lowest BCUT2D eigenvalue weighted by atomic mass is 10.1. The van der Waals surface area contributed by atoms with Gasteiger partial charge in [0.2, 0.25) is 5.91 Å². The molecule has 1 atom stereocenters. The number of rotatable bonds is 6. The van der Waals surface area contributed by atoms with Crippen LogP contribution in [0.25, 0.3) is 11.1 Å². The van der Waals surface area contributed by atoms with Crippen LogP contribution in [-0.2, 0) is 17.8 Å². The molecule has 1 saturated heterocycles. The predicted octanol–water partition coefficient (Wildman–Crippen LogP) is 2.07. The number of aromatic nitrogens is 4. The van der Waals surface area contributed by atoms with Crippen molar-refractivity contribution in [2.24, 2.45) is 5.92 Å². The van der Waals surface area contributed by atoms with Gasteiger partial charge in [-0.1, -0.05) is 12.1 Å². The van der Waals surface area contributed by atoms with Crippen LogP contribution in [0, 0.1) is 5.92 Å². The molecule has 3 aromatic rings. The number of H-pyrrole nitrogens is 1. The minimum atomic E-state index is -0.412. The Balaban J connectivity index is 1.17. The number of benzene rings is 1. The number of para-hydroxylation sites is 2. The van der Waals surface area contributed by atoms with Crippen LogP contribution in [-0.4, -0.2) is 43.6 Å². The third-order valence-electron chi connectivity index (χ3n) is 5.74. The van der Waals surface area contributed by atoms with Crippen LogP contribution in [0.4, 0.5) is 0 Å². The van der Waals surface area contributed by atoms with Crippen molar-refractivity contribution in [2.75, 3.05) is 13.1 Å². The van der Waals surface area contributed by atoms with Crippen molar-refractivity contribution in [1.82, 2.24) is 24.6 Å². The third-order valence-corrected chi connectivity index (χ3v) is 5.74. The molecule has 0 spiro atoms. The molecule has 2 fully saturated rings. The fourth-order valence-corrected chi connectivity index (χ4v) is 4.02. The van der Waals surface area contributed by atoms with Crippen molar-refractivity contribution in [3.8, 4) is 0 Å². The molecule has 0 radical (unpaired) electrons. The fraction of sp³-hybridized carbons (Fsp3) is 0.500. The Morgan fingerprint density at radius 3 is 2.96 bits per heavy atom. The molecule has 2 aliphatic rings. The highest BCUT2D eigenvalue weighted by Gasteiger charge is 2.30. The van der Waals surface area contributed by atoms with Gasteiger partial charge in [-0.05, 0) is 37.3 Å². The van der Waals surface area contributed by atoms with E-state index in [-0.39, 0.29) is 5.91 Å². The summed E-state index contributed by atoms with van der Waals surface area (Å²) < 4.78 is 6.77. The summed E-state index contributed by atoms with van der Waals surface area (Å²) in [5, 5.41) is 7.36. The summed E-state index contributed by atoms with van der Waals surface area (Å²) >= 11 is 0. The lowest BCUT2D eigenvalue weighted by Gasteiger charge is -2.16. The second-order valence-corrected chi connectivity index (χ2v) is 7.85. The lowest BCUT2D eigenvalue weighted by Crippen LogP contribution is -2.30. The predicted molar refractivity (Wildman–Crippen MR) is 102 cm³/mol. The van der Waals surface area contributed by atoms with Gasteiger partial charge in [-0.15, -0.1) is 0 Å². The third kappa shape index (κ3) is 3.34. The van der Waals surface area contributed by atoms with Crippen LogP contribution in [0.2, 0.25) is 0 Å². The Labute approximate surface area is 161 Å². The largest absolute Gasteiger partial charge is 0.419 e. The molecule has 1 amide bonds. The highest BCUT2D eigenvalue weighted by Crippen LogP contribution is 2.37. The quantitative estimate of drug-likeness (QED) is 0.705. The number of carbonyl (C=O) groups excluding carboxylic acids is 1. The van der Waals surface area contributed by atoms with Gasteiger partial charge in [-0.2, -0.15) is 5.10 Å². The number of hydrogen-bond acceptors (Lipinski definition) is 5. The summed E-state index contributed by atoms with van der Waals surface area (Å²) in [5.41, 5.74) is 1.29. The van der Waals surface area contributed by atoms with E-state index in [1.54, 1.807) is 6.07 Å². The monoisotopic (exact) mass is 381 g/mol. The van der Waals surface area contributed by atoms with E-state index in [4.69, 9.17) is 4.42 Å². The topological polar surface area (TPSA) is 97.0 Å². The molecule has 0 bridgehead atoms. The first-order valence-electron chi connectivity index (χ1n) is 9.94. The number of aromatic amines is 1. The second-order valence-electron chi connectivity index (χ2n) is 7.85. The maximum Gasteiger partial charge on any atom is 0.419 e. The fourth-order valence-electron chi connectivity index (χ4n) is 4.02. The van der Waals surface area contributed by atoms with Crippen LogP contribution >= 0.6 is 0 Å². The van der Waals surface area contributed by atoms with Gasteiger partial charge in [-0.3, -0.25) is 14.5 Å². The SMILES string of the molecule is O=C(CCn1c(=O)oc2ccccc21)N1CCC(Cc2nc(C3CC3)n[nH]2)C1. The summed E-state index contributed by atoms with van der Waals surface area (Å²) in [7, 11) is 0. The van der Waals surface area contributed by atoms with Crippen molar-refractivity contribution < 1.29 is 9.21 Å². The van der Waals surface area contributed by atoms with Gasteiger partial charge in [0.05, 0.1) is 5.52 Å². The lowest BCUT2D eigenvalue weighted by molar-refractivity contribution is -0.130. The van der Waals surface area contributed by atoms with E-state index < -0.39 is 5.76 Å². The van der Waals surface area contributed by atoms with Crippen molar-refractivity contribution in [1.29, 1.82) is 0 Å². The number of oxazole rings is 1. The summed E-state index contributed by atoms with van der Waals surface area (Å²) in [6.45, 7) is 1.83. The van der Waals surface area contributed by atoms with Gasteiger partial charge in [0.25, 0.3) is 0 Å². The molecular formula is C20H23N5O3. The number of fused-ring (bicyclic) bond motifs is 1. The molecular weight excluding hydrogens is 358 g/mol. The van der Waals surface area contributed by atoms with Crippen molar-refractivity contribution in [3.63, 3.8) is 0 Å². The van der Waals surface area contributed by atoms with E-state index in [0.29, 0.717) is 30.4 Å². The molecule has 2 aromatic heterocycles. The van der Waals surface area contributed by atoms with Gasteiger partial charge in [-0.25, -0.2) is 9.78 Å². The second kappa shape index (κ2) is 6.92. The van der Waals surface area contributed by atoms with Gasteiger partial charge >= 0.3 is 5.76 Å². The summed E-state index contributed by atoms with van der Waals surface area (Å²) in [6.07, 6.45) is 4.48. The Kier molecular flexibility index (Phi) is 4.26. The molecule has 1 N–H and O–H groups in total. The Bertz CT molecular complexity index is 1060. The van der Waals surface area contributed by atoms with Crippen LogP contribution in [0.15, 0.2) is 33.5 Å². The van der Waals surface area contributed by atoms with Gasteiger partial charge in [0.1, 0.15) is 5.82 Å². The van der Waals surface area contributed by atoms with Crippen LogP contribution in [0.1, 0.15) is 43.3 Å². The van der Waals surface area contributed by atoms with Crippen LogP contribution in [0.3, 0.4) is 0 Å². The maximum absolute atomic E-state index is 12.6. The normalized spacial score (nSPS) is 19.6. The first-order chi connectivity index (χ1) is 13.7. The molecule has 146 valence electrons. The van der Waals surface area contributed by atoms with Gasteiger partial charge in [0, 0.05) is 38.4 Å². The van der Waals surface area contributed by atoms with E-state index in [9.17, 15) is 9.59 Å². The summed E-state index contributed by atoms with van der Waals surface area (Å²) in [5.74, 6) is 2.49. The van der Waals surface area contributed by atoms with E-state index in [1.165, 1.54) is 17.4 Å². The zero-order valence-corrected chi connectivity index (χ0v) is 15.6. The van der Waals surface area contributed by atoms with Gasteiger partial charge in [0.15, 0.2) is 11.4 Å². The molecule has 8 heteroatoms. The van der Waals surface area contributed by atoms with Crippen LogP contribution < -0.4 is 5.76 Å². The number of nitrogens with one attached hydrogen (secondary N) is 1. The van der Waals surface area contributed by atoms with E-state index >= 15 is 0 Å².